The van der Waals surface area contributed by atoms with Gasteiger partial charge in [-0.2, -0.15) is 10.1 Å². The molecule has 0 atom stereocenters. The first-order chi connectivity index (χ1) is 9.54. The van der Waals surface area contributed by atoms with Crippen molar-refractivity contribution in [3.63, 3.8) is 0 Å². The number of carbonyl (C=O) groups is 1. The van der Waals surface area contributed by atoms with Crippen molar-refractivity contribution in [1.82, 2.24) is 0 Å². The Hall–Kier alpha value is -1.42. The van der Waals surface area contributed by atoms with Crippen LogP contribution in [0.2, 0.25) is 5.02 Å². The molecule has 0 radical (unpaired) electrons. The molecule has 1 aromatic rings. The van der Waals surface area contributed by atoms with Crippen molar-refractivity contribution in [2.75, 3.05) is 5.01 Å². The van der Waals surface area contributed by atoms with Gasteiger partial charge in [0.05, 0.1) is 21.8 Å². The van der Waals surface area contributed by atoms with Gasteiger partial charge in [-0.1, -0.05) is 30.9 Å². The van der Waals surface area contributed by atoms with E-state index in [0.29, 0.717) is 5.69 Å². The minimum absolute atomic E-state index is 0.0248. The molecule has 0 saturated heterocycles. The molecule has 1 aliphatic heterocycles. The molecule has 1 fully saturated rings. The summed E-state index contributed by atoms with van der Waals surface area (Å²) in [5.74, 6) is -0.443. The van der Waals surface area contributed by atoms with E-state index >= 15 is 0 Å². The first-order valence-electron chi connectivity index (χ1n) is 6.90. The van der Waals surface area contributed by atoms with E-state index < -0.39 is 11.2 Å². The van der Waals surface area contributed by atoms with E-state index in [9.17, 15) is 9.18 Å². The van der Waals surface area contributed by atoms with Gasteiger partial charge in [-0.25, -0.2) is 4.39 Å². The second kappa shape index (κ2) is 4.85. The Morgan fingerprint density at radius 1 is 1.30 bits per heavy atom. The van der Waals surface area contributed by atoms with Crippen molar-refractivity contribution < 1.29 is 9.18 Å². The lowest BCUT2D eigenvalue weighted by molar-refractivity contribution is -0.125. The Kier molecular flexibility index (Phi) is 3.28. The number of hydrogen-bond acceptors (Lipinski definition) is 2. The number of carbonyl (C=O) groups excluding carboxylic acids is 1. The van der Waals surface area contributed by atoms with E-state index in [1.54, 1.807) is 0 Å². The standard InChI is InChI=1S/C15H16ClFN2O/c1-10-15(7-3-2-4-8-15)14(20)19(18-10)13-6-5-11(17)9-12(13)16/h5-6,9H,2-4,7-8H2,1H3. The van der Waals surface area contributed by atoms with Gasteiger partial charge in [-0.05, 0) is 38.0 Å². The minimum atomic E-state index is -0.462. The maximum Gasteiger partial charge on any atom is 0.259 e. The number of benzene rings is 1. The van der Waals surface area contributed by atoms with Gasteiger partial charge in [-0.3, -0.25) is 4.79 Å². The van der Waals surface area contributed by atoms with Gasteiger partial charge in [0.15, 0.2) is 0 Å². The molecule has 3 nitrogen and oxygen atoms in total. The van der Waals surface area contributed by atoms with Gasteiger partial charge in [-0.15, -0.1) is 0 Å². The zero-order valence-electron chi connectivity index (χ0n) is 11.3. The fourth-order valence-electron chi connectivity index (χ4n) is 3.20. The Morgan fingerprint density at radius 3 is 2.65 bits per heavy atom. The number of nitrogens with zero attached hydrogens (tertiary/aromatic N) is 2. The molecule has 1 aromatic carbocycles. The van der Waals surface area contributed by atoms with Gasteiger partial charge in [0, 0.05) is 0 Å². The summed E-state index contributed by atoms with van der Waals surface area (Å²) in [4.78, 5) is 12.8. The van der Waals surface area contributed by atoms with Crippen molar-refractivity contribution >= 4 is 28.9 Å². The van der Waals surface area contributed by atoms with Crippen LogP contribution < -0.4 is 5.01 Å². The van der Waals surface area contributed by atoms with Crippen LogP contribution in [0.15, 0.2) is 23.3 Å². The quantitative estimate of drug-likeness (QED) is 0.766. The third-order valence-electron chi connectivity index (χ3n) is 4.39. The van der Waals surface area contributed by atoms with Crippen molar-refractivity contribution in [2.24, 2.45) is 10.5 Å². The number of rotatable bonds is 1. The fraction of sp³-hybridized carbons (Fsp3) is 0.467. The Morgan fingerprint density at radius 2 is 2.00 bits per heavy atom. The van der Waals surface area contributed by atoms with Crippen LogP contribution >= 0.6 is 11.6 Å². The summed E-state index contributed by atoms with van der Waals surface area (Å²) in [6.07, 6.45) is 4.94. The smallest absolute Gasteiger partial charge is 0.259 e. The van der Waals surface area contributed by atoms with Crippen molar-refractivity contribution in [1.29, 1.82) is 0 Å². The molecule has 5 heteroatoms. The van der Waals surface area contributed by atoms with Crippen LogP contribution in [0.3, 0.4) is 0 Å². The summed E-state index contributed by atoms with van der Waals surface area (Å²) in [6, 6.07) is 4.01. The fourth-order valence-corrected chi connectivity index (χ4v) is 3.44. The molecule has 106 valence electrons. The maximum atomic E-state index is 13.1. The molecule has 1 amide bonds. The topological polar surface area (TPSA) is 32.7 Å². The summed E-state index contributed by atoms with van der Waals surface area (Å²) in [7, 11) is 0. The normalized spacial score (nSPS) is 21.4. The molecule has 1 heterocycles. The summed E-state index contributed by atoms with van der Waals surface area (Å²) >= 11 is 6.05. The van der Waals surface area contributed by atoms with Crippen molar-refractivity contribution in [3.8, 4) is 0 Å². The highest BCUT2D eigenvalue weighted by molar-refractivity contribution is 6.34. The molecule has 0 unspecified atom stereocenters. The maximum absolute atomic E-state index is 13.1. The first-order valence-corrected chi connectivity index (χ1v) is 7.28. The molecule has 20 heavy (non-hydrogen) atoms. The third kappa shape index (κ3) is 1.94. The predicted octanol–water partition coefficient (Wildman–Crippen LogP) is 4.15. The van der Waals surface area contributed by atoms with E-state index in [2.05, 4.69) is 5.10 Å². The van der Waals surface area contributed by atoms with Crippen molar-refractivity contribution in [2.45, 2.75) is 39.0 Å². The lowest BCUT2D eigenvalue weighted by Gasteiger charge is -2.31. The highest BCUT2D eigenvalue weighted by Crippen LogP contribution is 2.45. The average molecular weight is 295 g/mol. The van der Waals surface area contributed by atoms with Crippen LogP contribution in [0.4, 0.5) is 10.1 Å². The SMILES string of the molecule is CC1=NN(c2ccc(F)cc2Cl)C(=O)C12CCCCC2. The first kappa shape index (κ1) is 13.6. The van der Waals surface area contributed by atoms with E-state index in [-0.39, 0.29) is 10.9 Å². The van der Waals surface area contributed by atoms with Crippen LogP contribution in [0, 0.1) is 11.2 Å². The van der Waals surface area contributed by atoms with Gasteiger partial charge in [0.2, 0.25) is 0 Å². The molecule has 0 aromatic heterocycles. The zero-order chi connectivity index (χ0) is 14.3. The molecule has 1 aliphatic carbocycles. The van der Waals surface area contributed by atoms with Gasteiger partial charge in [0.1, 0.15) is 5.82 Å². The number of halogens is 2. The monoisotopic (exact) mass is 294 g/mol. The molecule has 0 bridgehead atoms. The Bertz CT molecular complexity index is 594. The summed E-state index contributed by atoms with van der Waals surface area (Å²) in [6.45, 7) is 1.90. The lowest BCUT2D eigenvalue weighted by Crippen LogP contribution is -2.40. The van der Waals surface area contributed by atoms with Crippen LogP contribution in [-0.4, -0.2) is 11.6 Å². The third-order valence-corrected chi connectivity index (χ3v) is 4.69. The molecule has 1 saturated carbocycles. The summed E-state index contributed by atoms with van der Waals surface area (Å²) in [5.41, 5.74) is 0.845. The Labute approximate surface area is 122 Å². The highest BCUT2D eigenvalue weighted by Gasteiger charge is 2.49. The summed E-state index contributed by atoms with van der Waals surface area (Å²) in [5, 5.41) is 5.96. The van der Waals surface area contributed by atoms with E-state index in [4.69, 9.17) is 11.6 Å². The molecular weight excluding hydrogens is 279 g/mol. The number of hydrogen-bond donors (Lipinski definition) is 0. The molecule has 1 spiro atoms. The lowest BCUT2D eigenvalue weighted by atomic mass is 9.71. The average Bonchev–Trinajstić information content (AvgIpc) is 2.65. The molecular formula is C15H16ClFN2O. The molecule has 0 N–H and O–H groups in total. The van der Waals surface area contributed by atoms with Gasteiger partial charge in [0.25, 0.3) is 5.91 Å². The van der Waals surface area contributed by atoms with E-state index in [1.807, 2.05) is 6.92 Å². The van der Waals surface area contributed by atoms with Crippen molar-refractivity contribution in [3.05, 3.63) is 29.0 Å². The second-order valence-electron chi connectivity index (χ2n) is 5.54. The van der Waals surface area contributed by atoms with Gasteiger partial charge >= 0.3 is 0 Å². The summed E-state index contributed by atoms with van der Waals surface area (Å²) < 4.78 is 13.1. The van der Waals surface area contributed by atoms with Crippen LogP contribution in [0.25, 0.3) is 0 Å². The number of anilines is 1. The number of hydrazone groups is 1. The second-order valence-corrected chi connectivity index (χ2v) is 5.95. The van der Waals surface area contributed by atoms with E-state index in [0.717, 1.165) is 31.4 Å². The molecule has 3 rings (SSSR count). The minimum Gasteiger partial charge on any atom is -0.271 e. The Balaban J connectivity index is 1.99. The van der Waals surface area contributed by atoms with Crippen LogP contribution in [0.5, 0.6) is 0 Å². The van der Waals surface area contributed by atoms with Crippen LogP contribution in [-0.2, 0) is 4.79 Å². The largest absolute Gasteiger partial charge is 0.271 e. The predicted molar refractivity (Wildman–Crippen MR) is 77.5 cm³/mol. The van der Waals surface area contributed by atoms with Gasteiger partial charge < -0.3 is 0 Å². The number of amides is 1. The van der Waals surface area contributed by atoms with Crippen LogP contribution in [0.1, 0.15) is 39.0 Å². The van der Waals surface area contributed by atoms with E-state index in [1.165, 1.54) is 29.6 Å². The molecule has 2 aliphatic rings. The zero-order valence-corrected chi connectivity index (χ0v) is 12.1. The highest BCUT2D eigenvalue weighted by atomic mass is 35.5.